The highest BCUT2D eigenvalue weighted by atomic mass is 32.2. The van der Waals surface area contributed by atoms with Gasteiger partial charge in [0.05, 0.1) is 27.9 Å². The van der Waals surface area contributed by atoms with Gasteiger partial charge in [0, 0.05) is 12.1 Å². The predicted octanol–water partition coefficient (Wildman–Crippen LogP) is 6.23. The van der Waals surface area contributed by atoms with Gasteiger partial charge in [-0.2, -0.15) is 0 Å². The number of amides is 1. The number of carbonyl (C=O) groups is 1. The van der Waals surface area contributed by atoms with Crippen molar-refractivity contribution < 1.29 is 4.79 Å². The quantitative estimate of drug-likeness (QED) is 0.551. The molecule has 0 radical (unpaired) electrons. The molecule has 0 spiro atoms. The lowest BCUT2D eigenvalue weighted by molar-refractivity contribution is -0.113. The summed E-state index contributed by atoms with van der Waals surface area (Å²) < 4.78 is 0. The summed E-state index contributed by atoms with van der Waals surface area (Å²) in [6.45, 7) is 4.17. The first-order chi connectivity index (χ1) is 14.6. The number of anilines is 1. The molecule has 0 saturated heterocycles. The Kier molecular flexibility index (Phi) is 6.10. The fourth-order valence-electron chi connectivity index (χ4n) is 3.21. The van der Waals surface area contributed by atoms with Crippen LogP contribution in [0.5, 0.6) is 0 Å². The molecule has 1 N–H and O–H groups in total. The highest BCUT2D eigenvalue weighted by molar-refractivity contribution is 8.14. The lowest BCUT2D eigenvalue weighted by Gasteiger charge is -2.08. The van der Waals surface area contributed by atoms with Gasteiger partial charge in [-0.15, -0.1) is 11.8 Å². The van der Waals surface area contributed by atoms with Gasteiger partial charge in [-0.25, -0.2) is 4.99 Å². The van der Waals surface area contributed by atoms with E-state index in [4.69, 9.17) is 9.98 Å². The molecule has 3 aromatic rings. The Balaban J connectivity index is 1.59. The van der Waals surface area contributed by atoms with Crippen LogP contribution in [-0.2, 0) is 4.79 Å². The van der Waals surface area contributed by atoms with Crippen LogP contribution in [-0.4, -0.2) is 22.4 Å². The number of nitrogens with one attached hydrogen (secondary N) is 1. The number of aryl methyl sites for hydroxylation is 2. The van der Waals surface area contributed by atoms with E-state index in [1.165, 1.54) is 22.9 Å². The Bertz CT molecular complexity index is 1120. The fraction of sp³-hybridized carbons (Fsp3) is 0.160. The van der Waals surface area contributed by atoms with Crippen molar-refractivity contribution in [3.63, 3.8) is 0 Å². The van der Waals surface area contributed by atoms with Crippen molar-refractivity contribution >= 4 is 45.5 Å². The van der Waals surface area contributed by atoms with Gasteiger partial charge in [0.1, 0.15) is 0 Å². The van der Waals surface area contributed by atoms with Crippen molar-refractivity contribution in [3.05, 3.63) is 89.5 Å². The average molecular weight is 414 g/mol. The zero-order chi connectivity index (χ0) is 20.9. The van der Waals surface area contributed by atoms with E-state index >= 15 is 0 Å². The second-order valence-corrected chi connectivity index (χ2v) is 8.28. The van der Waals surface area contributed by atoms with Gasteiger partial charge < -0.3 is 5.32 Å². The van der Waals surface area contributed by atoms with Gasteiger partial charge in [0.15, 0.2) is 0 Å². The molecule has 4 nitrogen and oxygen atoms in total. The summed E-state index contributed by atoms with van der Waals surface area (Å²) in [4.78, 5) is 22.2. The van der Waals surface area contributed by atoms with Crippen molar-refractivity contribution in [2.24, 2.45) is 9.98 Å². The van der Waals surface area contributed by atoms with E-state index in [1.807, 2.05) is 48.5 Å². The molecule has 0 unspecified atom stereocenters. The van der Waals surface area contributed by atoms with E-state index in [-0.39, 0.29) is 5.91 Å². The molecule has 0 aliphatic carbocycles. The van der Waals surface area contributed by atoms with Gasteiger partial charge in [0.2, 0.25) is 5.91 Å². The number of thioether (sulfide) groups is 1. The zero-order valence-corrected chi connectivity index (χ0v) is 17.9. The molecule has 150 valence electrons. The number of nitrogens with zero attached hydrogens (tertiary/aromatic N) is 2. The minimum atomic E-state index is -0.0448. The van der Waals surface area contributed by atoms with Crippen molar-refractivity contribution in [1.29, 1.82) is 0 Å². The molecule has 0 atom stereocenters. The third-order valence-electron chi connectivity index (χ3n) is 4.94. The molecule has 1 heterocycles. The van der Waals surface area contributed by atoms with Gasteiger partial charge in [-0.05, 0) is 54.8 Å². The zero-order valence-electron chi connectivity index (χ0n) is 17.1. The molecule has 30 heavy (non-hydrogen) atoms. The van der Waals surface area contributed by atoms with Crippen molar-refractivity contribution in [2.75, 3.05) is 11.1 Å². The van der Waals surface area contributed by atoms with Gasteiger partial charge in [-0.1, -0.05) is 48.5 Å². The van der Waals surface area contributed by atoms with E-state index in [1.54, 1.807) is 0 Å². The predicted molar refractivity (Wildman–Crippen MR) is 128 cm³/mol. The Morgan fingerprint density at radius 1 is 0.900 bits per heavy atom. The fourth-order valence-corrected chi connectivity index (χ4v) is 3.99. The number of carbonyl (C=O) groups excluding carboxylic acids is 1. The summed E-state index contributed by atoms with van der Waals surface area (Å²) >= 11 is 1.47. The first-order valence-corrected chi connectivity index (χ1v) is 10.9. The molecule has 5 heteroatoms. The molecule has 3 aromatic carbocycles. The first-order valence-electron chi connectivity index (χ1n) is 9.88. The van der Waals surface area contributed by atoms with Gasteiger partial charge in [0.25, 0.3) is 0 Å². The number of rotatable bonds is 4. The Labute approximate surface area is 181 Å². The summed E-state index contributed by atoms with van der Waals surface area (Å²) in [6.07, 6.45) is 0.597. The second-order valence-electron chi connectivity index (χ2n) is 7.23. The maximum absolute atomic E-state index is 12.4. The maximum atomic E-state index is 12.4. The van der Waals surface area contributed by atoms with Crippen LogP contribution in [0.2, 0.25) is 0 Å². The first kappa shape index (κ1) is 20.1. The van der Waals surface area contributed by atoms with Crippen LogP contribution in [0.3, 0.4) is 0 Å². The van der Waals surface area contributed by atoms with E-state index in [2.05, 4.69) is 43.4 Å². The minimum absolute atomic E-state index is 0.0448. The molecule has 1 aliphatic heterocycles. The lowest BCUT2D eigenvalue weighted by Crippen LogP contribution is -2.16. The molecule has 1 amide bonds. The van der Waals surface area contributed by atoms with Gasteiger partial charge >= 0.3 is 0 Å². The van der Waals surface area contributed by atoms with Crippen LogP contribution in [0.15, 0.2) is 82.8 Å². The topological polar surface area (TPSA) is 53.8 Å². The number of hydrogen-bond acceptors (Lipinski definition) is 4. The molecule has 0 bridgehead atoms. The number of hydrogen-bond donors (Lipinski definition) is 1. The summed E-state index contributed by atoms with van der Waals surface area (Å²) in [5.74, 6) is 0.257. The summed E-state index contributed by atoms with van der Waals surface area (Å²) in [7, 11) is 0. The third kappa shape index (κ3) is 4.86. The Morgan fingerprint density at radius 2 is 1.50 bits per heavy atom. The molecular weight excluding hydrogens is 390 g/mol. The average Bonchev–Trinajstić information content (AvgIpc) is 2.93. The standard InChI is InChI=1S/C25H23N3OS/c1-17-13-22-23(14-18(17)2)28-25(15-21(27-22)19-9-5-3-6-10-19)30-16-24(29)26-20-11-7-4-8-12-20/h3-14H,15-16H2,1-2H3,(H,26,29). The van der Waals surface area contributed by atoms with E-state index in [9.17, 15) is 4.79 Å². The highest BCUT2D eigenvalue weighted by Gasteiger charge is 2.17. The van der Waals surface area contributed by atoms with Crippen molar-refractivity contribution in [1.82, 2.24) is 0 Å². The smallest absolute Gasteiger partial charge is 0.234 e. The monoisotopic (exact) mass is 413 g/mol. The van der Waals surface area contributed by atoms with Crippen molar-refractivity contribution in [2.45, 2.75) is 20.3 Å². The molecule has 4 rings (SSSR count). The SMILES string of the molecule is Cc1cc2c(cc1C)N=C(c1ccccc1)CC(SCC(=O)Nc1ccccc1)=N2. The summed E-state index contributed by atoms with van der Waals surface area (Å²) in [5, 5.41) is 3.82. The van der Waals surface area contributed by atoms with Crippen LogP contribution in [0.4, 0.5) is 17.1 Å². The molecular formula is C25H23N3OS. The van der Waals surface area contributed by atoms with Crippen LogP contribution >= 0.6 is 11.8 Å². The molecule has 0 aromatic heterocycles. The van der Waals surface area contributed by atoms with E-state index < -0.39 is 0 Å². The molecule has 0 saturated carbocycles. The largest absolute Gasteiger partial charge is 0.325 e. The molecule has 0 fully saturated rings. The number of aliphatic imine (C=N–C) groups is 2. The maximum Gasteiger partial charge on any atom is 0.234 e. The number of para-hydroxylation sites is 1. The number of benzene rings is 3. The van der Waals surface area contributed by atoms with Crippen LogP contribution < -0.4 is 5.32 Å². The van der Waals surface area contributed by atoms with Crippen LogP contribution in [0, 0.1) is 13.8 Å². The molecule has 1 aliphatic rings. The number of fused-ring (bicyclic) bond motifs is 1. The Hall–Kier alpha value is -3.18. The van der Waals surface area contributed by atoms with Crippen LogP contribution in [0.1, 0.15) is 23.1 Å². The second kappa shape index (κ2) is 9.09. The van der Waals surface area contributed by atoms with E-state index in [0.717, 1.165) is 33.4 Å². The normalized spacial score (nSPS) is 13.0. The summed E-state index contributed by atoms with van der Waals surface area (Å²) in [6, 6.07) is 23.8. The van der Waals surface area contributed by atoms with E-state index in [0.29, 0.717) is 12.2 Å². The van der Waals surface area contributed by atoms with Gasteiger partial charge in [-0.3, -0.25) is 9.79 Å². The highest BCUT2D eigenvalue weighted by Crippen LogP contribution is 2.36. The van der Waals surface area contributed by atoms with Crippen molar-refractivity contribution in [3.8, 4) is 0 Å². The lowest BCUT2D eigenvalue weighted by atomic mass is 10.1. The summed E-state index contributed by atoms with van der Waals surface area (Å²) in [5.41, 5.74) is 6.95. The Morgan fingerprint density at radius 3 is 2.17 bits per heavy atom. The van der Waals surface area contributed by atoms with Crippen LogP contribution in [0.25, 0.3) is 0 Å². The third-order valence-corrected chi connectivity index (χ3v) is 5.92. The minimum Gasteiger partial charge on any atom is -0.325 e.